The van der Waals surface area contributed by atoms with Crippen LogP contribution in [0.4, 0.5) is 0 Å². The number of ether oxygens (including phenoxy) is 1. The third-order valence-electron chi connectivity index (χ3n) is 3.89. The summed E-state index contributed by atoms with van der Waals surface area (Å²) in [5, 5.41) is 0. The summed E-state index contributed by atoms with van der Waals surface area (Å²) >= 11 is 1.82. The summed E-state index contributed by atoms with van der Waals surface area (Å²) in [7, 11) is 0. The van der Waals surface area contributed by atoms with Gasteiger partial charge in [-0.3, -0.25) is 0 Å². The van der Waals surface area contributed by atoms with Gasteiger partial charge in [0.05, 0.1) is 6.61 Å². The van der Waals surface area contributed by atoms with Crippen molar-refractivity contribution in [3.05, 3.63) is 21.9 Å². The van der Waals surface area contributed by atoms with Gasteiger partial charge in [0.2, 0.25) is 0 Å². The van der Waals surface area contributed by atoms with E-state index in [-0.39, 0.29) is 12.1 Å². The predicted molar refractivity (Wildman–Crippen MR) is 78.0 cm³/mol. The molecule has 2 N–H and O–H groups in total. The van der Waals surface area contributed by atoms with Crippen molar-refractivity contribution in [2.45, 2.75) is 58.1 Å². The van der Waals surface area contributed by atoms with Crippen molar-refractivity contribution in [3.63, 3.8) is 0 Å². The van der Waals surface area contributed by atoms with Gasteiger partial charge >= 0.3 is 0 Å². The molecule has 1 saturated carbocycles. The lowest BCUT2D eigenvalue weighted by molar-refractivity contribution is 0.0148. The minimum atomic E-state index is 0.0919. The second-order valence-corrected chi connectivity index (χ2v) is 6.74. The van der Waals surface area contributed by atoms with E-state index in [2.05, 4.69) is 26.0 Å². The zero-order valence-corrected chi connectivity index (χ0v) is 12.3. The summed E-state index contributed by atoms with van der Waals surface area (Å²) in [4.78, 5) is 2.63. The van der Waals surface area contributed by atoms with Crippen LogP contribution in [0.2, 0.25) is 0 Å². The molecule has 0 saturated heterocycles. The van der Waals surface area contributed by atoms with Crippen LogP contribution in [0, 0.1) is 12.8 Å². The zero-order valence-electron chi connectivity index (χ0n) is 11.5. The molecular formula is C15H25NOS. The first-order valence-electron chi connectivity index (χ1n) is 7.14. The third kappa shape index (κ3) is 3.56. The first-order chi connectivity index (χ1) is 8.70. The zero-order chi connectivity index (χ0) is 13.0. The van der Waals surface area contributed by atoms with E-state index in [0.717, 1.165) is 18.9 Å². The number of hydrogen-bond acceptors (Lipinski definition) is 3. The molecule has 2 nitrogen and oxygen atoms in total. The van der Waals surface area contributed by atoms with Gasteiger partial charge in [0.25, 0.3) is 0 Å². The van der Waals surface area contributed by atoms with Crippen molar-refractivity contribution in [1.82, 2.24) is 0 Å². The fourth-order valence-electron chi connectivity index (χ4n) is 2.65. The second kappa shape index (κ2) is 6.69. The molecule has 0 bridgehead atoms. The second-order valence-electron chi connectivity index (χ2n) is 5.42. The highest BCUT2D eigenvalue weighted by molar-refractivity contribution is 7.12. The summed E-state index contributed by atoms with van der Waals surface area (Å²) in [5.41, 5.74) is 6.22. The van der Waals surface area contributed by atoms with Gasteiger partial charge in [0, 0.05) is 15.8 Å². The van der Waals surface area contributed by atoms with Crippen LogP contribution in [0.1, 0.15) is 54.9 Å². The maximum absolute atomic E-state index is 6.22. The largest absolute Gasteiger partial charge is 0.371 e. The maximum Gasteiger partial charge on any atom is 0.107 e. The Kier molecular flexibility index (Phi) is 5.22. The SMILES string of the molecule is CCC(N)C(OCC1CCCC1)c1ccc(C)s1. The molecule has 2 atom stereocenters. The molecule has 1 aromatic rings. The number of nitrogens with two attached hydrogens (primary N) is 1. The number of thiophene rings is 1. The first kappa shape index (κ1) is 14.0. The summed E-state index contributed by atoms with van der Waals surface area (Å²) in [6.07, 6.45) is 6.46. The predicted octanol–water partition coefficient (Wildman–Crippen LogP) is 4.04. The van der Waals surface area contributed by atoms with Crippen LogP contribution < -0.4 is 5.73 Å². The van der Waals surface area contributed by atoms with E-state index in [1.807, 2.05) is 11.3 Å². The molecule has 0 aromatic carbocycles. The summed E-state index contributed by atoms with van der Waals surface area (Å²) in [5.74, 6) is 0.762. The van der Waals surface area contributed by atoms with Gasteiger partial charge in [-0.1, -0.05) is 19.8 Å². The Morgan fingerprint density at radius 2 is 2.11 bits per heavy atom. The molecule has 0 aliphatic heterocycles. The van der Waals surface area contributed by atoms with Crippen molar-refractivity contribution in [1.29, 1.82) is 0 Å². The Morgan fingerprint density at radius 1 is 1.39 bits per heavy atom. The lowest BCUT2D eigenvalue weighted by Crippen LogP contribution is -2.30. The fourth-order valence-corrected chi connectivity index (χ4v) is 3.66. The minimum absolute atomic E-state index is 0.0919. The van der Waals surface area contributed by atoms with E-state index in [1.165, 1.54) is 35.4 Å². The Bertz CT molecular complexity index is 357. The lowest BCUT2D eigenvalue weighted by atomic mass is 10.1. The van der Waals surface area contributed by atoms with Crippen LogP contribution in [0.25, 0.3) is 0 Å². The van der Waals surface area contributed by atoms with E-state index >= 15 is 0 Å². The maximum atomic E-state index is 6.22. The lowest BCUT2D eigenvalue weighted by Gasteiger charge is -2.24. The highest BCUT2D eigenvalue weighted by Gasteiger charge is 2.23. The first-order valence-corrected chi connectivity index (χ1v) is 7.96. The van der Waals surface area contributed by atoms with Crippen molar-refractivity contribution < 1.29 is 4.74 Å². The summed E-state index contributed by atoms with van der Waals surface area (Å²) in [6, 6.07) is 4.45. The standard InChI is InChI=1S/C15H25NOS/c1-3-13(16)15(14-9-8-11(2)18-14)17-10-12-6-4-5-7-12/h8-9,12-13,15H,3-7,10,16H2,1-2H3. The van der Waals surface area contributed by atoms with Crippen LogP contribution in [0.3, 0.4) is 0 Å². The molecule has 18 heavy (non-hydrogen) atoms. The van der Waals surface area contributed by atoms with Crippen molar-refractivity contribution in [3.8, 4) is 0 Å². The van der Waals surface area contributed by atoms with Gasteiger partial charge in [-0.2, -0.15) is 0 Å². The Morgan fingerprint density at radius 3 is 2.67 bits per heavy atom. The number of aryl methyl sites for hydroxylation is 1. The average molecular weight is 267 g/mol. The molecule has 2 unspecified atom stereocenters. The molecule has 1 heterocycles. The Hall–Kier alpha value is -0.380. The smallest absolute Gasteiger partial charge is 0.107 e. The van der Waals surface area contributed by atoms with Gasteiger partial charge in [0.15, 0.2) is 0 Å². The Labute approximate surface area is 115 Å². The van der Waals surface area contributed by atoms with Gasteiger partial charge < -0.3 is 10.5 Å². The third-order valence-corrected chi connectivity index (χ3v) is 4.95. The Balaban J connectivity index is 1.96. The monoisotopic (exact) mass is 267 g/mol. The van der Waals surface area contributed by atoms with Crippen LogP contribution in [-0.4, -0.2) is 12.6 Å². The van der Waals surface area contributed by atoms with Gasteiger partial charge in [-0.05, 0) is 44.2 Å². The number of rotatable bonds is 6. The van der Waals surface area contributed by atoms with Crippen molar-refractivity contribution in [2.75, 3.05) is 6.61 Å². The van der Waals surface area contributed by atoms with E-state index in [9.17, 15) is 0 Å². The molecule has 102 valence electrons. The molecule has 1 fully saturated rings. The van der Waals surface area contributed by atoms with Crippen LogP contribution >= 0.6 is 11.3 Å². The van der Waals surface area contributed by atoms with Gasteiger partial charge in [-0.25, -0.2) is 0 Å². The van der Waals surface area contributed by atoms with E-state index in [0.29, 0.717) is 0 Å². The summed E-state index contributed by atoms with van der Waals surface area (Å²) < 4.78 is 6.16. The molecule has 2 rings (SSSR count). The average Bonchev–Trinajstić information content (AvgIpc) is 3.01. The van der Waals surface area contributed by atoms with E-state index in [1.54, 1.807) is 0 Å². The quantitative estimate of drug-likeness (QED) is 0.844. The summed E-state index contributed by atoms with van der Waals surface area (Å²) in [6.45, 7) is 5.16. The topological polar surface area (TPSA) is 35.2 Å². The van der Waals surface area contributed by atoms with E-state index in [4.69, 9.17) is 10.5 Å². The molecule has 1 aromatic heterocycles. The normalized spacial score (nSPS) is 20.2. The highest BCUT2D eigenvalue weighted by Crippen LogP contribution is 2.31. The number of hydrogen-bond donors (Lipinski definition) is 1. The molecular weight excluding hydrogens is 242 g/mol. The molecule has 1 aliphatic rings. The van der Waals surface area contributed by atoms with E-state index < -0.39 is 0 Å². The molecule has 0 radical (unpaired) electrons. The van der Waals surface area contributed by atoms with Crippen LogP contribution in [0.15, 0.2) is 12.1 Å². The van der Waals surface area contributed by atoms with Gasteiger partial charge in [0.1, 0.15) is 6.10 Å². The fraction of sp³-hybridized carbons (Fsp3) is 0.733. The molecule has 0 amide bonds. The highest BCUT2D eigenvalue weighted by atomic mass is 32.1. The van der Waals surface area contributed by atoms with Crippen molar-refractivity contribution in [2.24, 2.45) is 11.7 Å². The molecule has 1 aliphatic carbocycles. The van der Waals surface area contributed by atoms with Crippen LogP contribution in [0.5, 0.6) is 0 Å². The molecule has 3 heteroatoms. The van der Waals surface area contributed by atoms with Gasteiger partial charge in [-0.15, -0.1) is 11.3 Å². The molecule has 0 spiro atoms. The minimum Gasteiger partial charge on any atom is -0.371 e. The van der Waals surface area contributed by atoms with Crippen molar-refractivity contribution >= 4 is 11.3 Å². The van der Waals surface area contributed by atoms with Crippen LogP contribution in [-0.2, 0) is 4.74 Å².